The number of furan rings is 1. The van der Waals surface area contributed by atoms with E-state index < -0.39 is 0 Å². The van der Waals surface area contributed by atoms with Crippen LogP contribution in [-0.2, 0) is 0 Å². The van der Waals surface area contributed by atoms with Crippen LogP contribution in [0.15, 0.2) is 144 Å². The largest absolute Gasteiger partial charge is 0.437 e. The fraction of sp³-hybridized carbons (Fsp3) is 0. The average Bonchev–Trinajstić information content (AvgIpc) is 3.81. The molecule has 5 heteroatoms. The number of para-hydroxylation sites is 2. The molecule has 47 heavy (non-hydrogen) atoms. The van der Waals surface area contributed by atoms with Gasteiger partial charge in [0, 0.05) is 47.3 Å². The molecule has 0 aliphatic rings. The fourth-order valence-corrected chi connectivity index (χ4v) is 8.94. The maximum atomic E-state index is 6.52. The summed E-state index contributed by atoms with van der Waals surface area (Å²) in [7, 11) is 0. The Morgan fingerprint density at radius 2 is 1.19 bits per heavy atom. The topological polar surface area (TPSA) is 43.9 Å². The number of thiophene rings is 1. The molecule has 0 amide bonds. The Hall–Kier alpha value is -6.04. The molecule has 0 aliphatic carbocycles. The molecule has 0 unspecified atom stereocenters. The first-order chi connectivity index (χ1) is 23.3. The van der Waals surface area contributed by atoms with Gasteiger partial charge in [-0.2, -0.15) is 4.98 Å². The molecule has 0 aliphatic heterocycles. The van der Waals surface area contributed by atoms with Crippen molar-refractivity contribution in [1.29, 1.82) is 0 Å². The molecular formula is C42H23N3OS. The molecule has 0 spiro atoms. The molecule has 0 bridgehead atoms. The second-order valence-electron chi connectivity index (χ2n) is 12.1. The summed E-state index contributed by atoms with van der Waals surface area (Å²) in [5.41, 5.74) is 5.48. The van der Waals surface area contributed by atoms with Gasteiger partial charge in [0.1, 0.15) is 5.58 Å². The fourth-order valence-electron chi connectivity index (χ4n) is 7.67. The smallest absolute Gasteiger partial charge is 0.238 e. The Kier molecular flexibility index (Phi) is 4.96. The molecule has 7 aromatic carbocycles. The van der Waals surface area contributed by atoms with E-state index in [0.717, 1.165) is 44.0 Å². The van der Waals surface area contributed by atoms with Crippen molar-refractivity contribution in [3.8, 4) is 17.2 Å². The minimum Gasteiger partial charge on any atom is -0.437 e. The Bertz CT molecular complexity index is 3090. The SMILES string of the molecule is c1ccc2c(-c3nc(-n4c5ccccc5c5c6sc7ccccc7c6c6ccccc6c54)nc4oc5ccccc5c34)cccc2c1. The Balaban J connectivity index is 1.36. The van der Waals surface area contributed by atoms with Crippen LogP contribution in [0.5, 0.6) is 0 Å². The van der Waals surface area contributed by atoms with Crippen LogP contribution >= 0.6 is 11.3 Å². The van der Waals surface area contributed by atoms with Gasteiger partial charge in [-0.3, -0.25) is 4.57 Å². The summed E-state index contributed by atoms with van der Waals surface area (Å²) in [5, 5.41) is 11.7. The highest BCUT2D eigenvalue weighted by molar-refractivity contribution is 7.27. The number of nitrogens with zero attached hydrogens (tertiary/aromatic N) is 3. The first-order valence-electron chi connectivity index (χ1n) is 15.8. The first kappa shape index (κ1) is 25.2. The standard InChI is InChI=1S/C42H23N3OS/c1-2-14-25-24(12-1)13-11-20-27(25)38-36-30-18-6-9-22-33(30)46-41(36)44-42(43-38)45-32-21-8-5-17-29(32)37-39(45)28-16-4-3-15-26(28)35-31-19-7-10-23-34(31)47-40(35)37/h1-23H. The lowest BCUT2D eigenvalue weighted by Crippen LogP contribution is -2.03. The van der Waals surface area contributed by atoms with Crippen molar-refractivity contribution in [3.05, 3.63) is 140 Å². The van der Waals surface area contributed by atoms with Crippen LogP contribution in [0, 0.1) is 0 Å². The highest BCUT2D eigenvalue weighted by atomic mass is 32.1. The highest BCUT2D eigenvalue weighted by Gasteiger charge is 2.25. The molecule has 0 saturated heterocycles. The zero-order chi connectivity index (χ0) is 30.6. The van der Waals surface area contributed by atoms with Gasteiger partial charge in [0.05, 0.1) is 22.1 Å². The lowest BCUT2D eigenvalue weighted by Gasteiger charge is -2.12. The molecular weight excluding hydrogens is 595 g/mol. The van der Waals surface area contributed by atoms with E-state index in [9.17, 15) is 0 Å². The normalized spacial score (nSPS) is 12.3. The van der Waals surface area contributed by atoms with E-state index in [-0.39, 0.29) is 0 Å². The van der Waals surface area contributed by atoms with Crippen LogP contribution < -0.4 is 0 Å². The molecule has 0 saturated carbocycles. The molecule has 0 atom stereocenters. The van der Waals surface area contributed by atoms with Gasteiger partial charge in [-0.05, 0) is 34.4 Å². The van der Waals surface area contributed by atoms with E-state index >= 15 is 0 Å². The van der Waals surface area contributed by atoms with E-state index in [1.54, 1.807) is 0 Å². The predicted molar refractivity (Wildman–Crippen MR) is 197 cm³/mol. The highest BCUT2D eigenvalue weighted by Crippen LogP contribution is 2.48. The molecule has 11 aromatic rings. The number of hydrogen-bond acceptors (Lipinski definition) is 4. The van der Waals surface area contributed by atoms with Crippen LogP contribution in [0.2, 0.25) is 0 Å². The van der Waals surface area contributed by atoms with E-state index in [0.29, 0.717) is 11.7 Å². The van der Waals surface area contributed by atoms with Gasteiger partial charge >= 0.3 is 0 Å². The van der Waals surface area contributed by atoms with Gasteiger partial charge < -0.3 is 4.42 Å². The van der Waals surface area contributed by atoms with Gasteiger partial charge in [-0.1, -0.05) is 121 Å². The van der Waals surface area contributed by atoms with Gasteiger partial charge in [-0.25, -0.2) is 4.98 Å². The summed E-state index contributed by atoms with van der Waals surface area (Å²) in [6.45, 7) is 0. The molecule has 0 fully saturated rings. The quantitative estimate of drug-likeness (QED) is 0.194. The lowest BCUT2D eigenvalue weighted by molar-refractivity contribution is 0.651. The van der Waals surface area contributed by atoms with Gasteiger partial charge in [0.2, 0.25) is 11.7 Å². The van der Waals surface area contributed by atoms with Gasteiger partial charge in [0.15, 0.2) is 0 Å². The van der Waals surface area contributed by atoms with Crippen LogP contribution in [-0.4, -0.2) is 14.5 Å². The predicted octanol–water partition coefficient (Wildman–Crippen LogP) is 11.8. The molecule has 4 heterocycles. The maximum Gasteiger partial charge on any atom is 0.238 e. The average molecular weight is 618 g/mol. The lowest BCUT2D eigenvalue weighted by atomic mass is 9.99. The summed E-state index contributed by atoms with van der Waals surface area (Å²) >= 11 is 1.86. The van der Waals surface area contributed by atoms with Crippen molar-refractivity contribution in [3.63, 3.8) is 0 Å². The number of benzene rings is 7. The van der Waals surface area contributed by atoms with E-state index in [2.05, 4.69) is 126 Å². The number of aromatic nitrogens is 3. The second kappa shape index (κ2) is 9.25. The maximum absolute atomic E-state index is 6.52. The summed E-state index contributed by atoms with van der Waals surface area (Å²) in [6.07, 6.45) is 0. The van der Waals surface area contributed by atoms with Crippen molar-refractivity contribution in [2.75, 3.05) is 0 Å². The molecule has 11 rings (SSSR count). The Morgan fingerprint density at radius 3 is 2.09 bits per heavy atom. The summed E-state index contributed by atoms with van der Waals surface area (Å²) in [6, 6.07) is 49.3. The van der Waals surface area contributed by atoms with E-state index in [1.165, 1.54) is 47.1 Å². The first-order valence-corrected chi connectivity index (χ1v) is 16.6. The third-order valence-electron chi connectivity index (χ3n) is 9.62. The number of rotatable bonds is 2. The van der Waals surface area contributed by atoms with E-state index in [1.807, 2.05) is 29.5 Å². The molecule has 4 nitrogen and oxygen atoms in total. The van der Waals surface area contributed by atoms with E-state index in [4.69, 9.17) is 14.4 Å². The number of hydrogen-bond donors (Lipinski definition) is 0. The summed E-state index contributed by atoms with van der Waals surface area (Å²) in [4.78, 5) is 10.8. The zero-order valence-corrected chi connectivity index (χ0v) is 25.8. The van der Waals surface area contributed by atoms with Crippen LogP contribution in [0.1, 0.15) is 0 Å². The second-order valence-corrected chi connectivity index (χ2v) is 13.2. The molecule has 0 radical (unpaired) electrons. The zero-order valence-electron chi connectivity index (χ0n) is 24.9. The minimum absolute atomic E-state index is 0.581. The van der Waals surface area contributed by atoms with Crippen LogP contribution in [0.3, 0.4) is 0 Å². The van der Waals surface area contributed by atoms with Crippen molar-refractivity contribution in [1.82, 2.24) is 14.5 Å². The van der Waals surface area contributed by atoms with Crippen molar-refractivity contribution in [2.45, 2.75) is 0 Å². The minimum atomic E-state index is 0.581. The van der Waals surface area contributed by atoms with Crippen molar-refractivity contribution < 1.29 is 4.42 Å². The Labute approximate surface area is 271 Å². The van der Waals surface area contributed by atoms with Crippen LogP contribution in [0.4, 0.5) is 0 Å². The third-order valence-corrected chi connectivity index (χ3v) is 10.8. The van der Waals surface area contributed by atoms with Gasteiger partial charge in [0.25, 0.3) is 0 Å². The molecule has 4 aromatic heterocycles. The summed E-state index contributed by atoms with van der Waals surface area (Å²) in [5.74, 6) is 0.594. The Morgan fingerprint density at radius 1 is 0.511 bits per heavy atom. The van der Waals surface area contributed by atoms with Crippen molar-refractivity contribution in [2.24, 2.45) is 0 Å². The monoisotopic (exact) mass is 617 g/mol. The number of fused-ring (bicyclic) bond motifs is 14. The molecule has 218 valence electrons. The molecule has 0 N–H and O–H groups in total. The summed E-state index contributed by atoms with van der Waals surface area (Å²) < 4.78 is 11.4. The third kappa shape index (κ3) is 3.36. The van der Waals surface area contributed by atoms with Gasteiger partial charge in [-0.15, -0.1) is 11.3 Å². The van der Waals surface area contributed by atoms with Crippen LogP contribution in [0.25, 0.3) is 103 Å². The van der Waals surface area contributed by atoms with Crippen molar-refractivity contribution >= 4 is 96.9 Å².